The van der Waals surface area contributed by atoms with E-state index in [2.05, 4.69) is 5.32 Å². The number of furan rings is 1. The molecule has 2 heterocycles. The Morgan fingerprint density at radius 1 is 0.865 bits per heavy atom. The van der Waals surface area contributed by atoms with Crippen molar-refractivity contribution in [3.05, 3.63) is 105 Å². The molecule has 5 rings (SSSR count). The molecule has 7 heteroatoms. The van der Waals surface area contributed by atoms with Gasteiger partial charge in [0.15, 0.2) is 6.04 Å². The van der Waals surface area contributed by atoms with Crippen molar-refractivity contribution in [1.29, 1.82) is 0 Å². The zero-order valence-electron chi connectivity index (χ0n) is 20.6. The third-order valence-electron chi connectivity index (χ3n) is 6.72. The van der Waals surface area contributed by atoms with Crippen LogP contribution in [0.15, 0.2) is 80.4 Å². The Labute approximate surface area is 212 Å². The van der Waals surface area contributed by atoms with Crippen LogP contribution in [0.25, 0.3) is 33.1 Å². The fourth-order valence-electron chi connectivity index (χ4n) is 4.85. The highest BCUT2D eigenvalue weighted by Crippen LogP contribution is 2.39. The molecule has 186 valence electrons. The second-order valence-electron chi connectivity index (χ2n) is 9.07. The van der Waals surface area contributed by atoms with E-state index in [1.54, 1.807) is 37.3 Å². The van der Waals surface area contributed by atoms with E-state index in [-0.39, 0.29) is 12.0 Å². The van der Waals surface area contributed by atoms with Crippen LogP contribution in [0.2, 0.25) is 0 Å². The van der Waals surface area contributed by atoms with Gasteiger partial charge in [-0.1, -0.05) is 60.7 Å². The average Bonchev–Trinajstić information content (AvgIpc) is 3.23. The summed E-state index contributed by atoms with van der Waals surface area (Å²) in [6, 6.07) is 19.0. The maximum Gasteiger partial charge on any atom is 0.340 e. The number of hydrogen-bond donors (Lipinski definition) is 2. The summed E-state index contributed by atoms with van der Waals surface area (Å²) < 4.78 is 11.8. The third-order valence-corrected chi connectivity index (χ3v) is 6.72. The largest absolute Gasteiger partial charge is 0.479 e. The van der Waals surface area contributed by atoms with Gasteiger partial charge in [-0.15, -0.1) is 0 Å². The molecule has 5 aromatic rings. The molecule has 2 aromatic heterocycles. The summed E-state index contributed by atoms with van der Waals surface area (Å²) >= 11 is 0. The minimum Gasteiger partial charge on any atom is -0.479 e. The molecule has 0 bridgehead atoms. The standard InChI is InChI=1S/C30H25NO6/c1-16-21-14-23-25(19-10-6-4-7-11-19)18(3)36-28(23)17(2)27(21)37-30(35)22(16)15-24(32)31-26(29(33)34)20-12-8-5-9-13-20/h4-14,26H,15H2,1-3H3,(H,31,32)(H,33,34)/t26-/m1/s1. The topological polar surface area (TPSA) is 110 Å². The number of fused-ring (bicyclic) bond motifs is 2. The predicted octanol–water partition coefficient (Wildman–Crippen LogP) is 5.62. The Morgan fingerprint density at radius 2 is 1.49 bits per heavy atom. The Balaban J connectivity index is 1.58. The van der Waals surface area contributed by atoms with E-state index in [1.807, 2.05) is 50.2 Å². The Hall–Kier alpha value is -4.65. The summed E-state index contributed by atoms with van der Waals surface area (Å²) in [4.78, 5) is 37.7. The Morgan fingerprint density at radius 3 is 2.14 bits per heavy atom. The number of carbonyl (C=O) groups excluding carboxylic acids is 1. The second kappa shape index (κ2) is 9.43. The third kappa shape index (κ3) is 4.29. The van der Waals surface area contributed by atoms with Crippen molar-refractivity contribution in [2.75, 3.05) is 0 Å². The lowest BCUT2D eigenvalue weighted by Crippen LogP contribution is -2.35. The first-order valence-corrected chi connectivity index (χ1v) is 11.9. The lowest BCUT2D eigenvalue weighted by atomic mass is 9.96. The van der Waals surface area contributed by atoms with Gasteiger partial charge in [0.1, 0.15) is 16.9 Å². The Kier molecular flexibility index (Phi) is 6.13. The van der Waals surface area contributed by atoms with Crippen LogP contribution in [0.4, 0.5) is 0 Å². The van der Waals surface area contributed by atoms with Crippen molar-refractivity contribution in [1.82, 2.24) is 5.32 Å². The molecule has 0 spiro atoms. The van der Waals surface area contributed by atoms with Gasteiger partial charge in [0, 0.05) is 21.9 Å². The normalized spacial score (nSPS) is 12.1. The molecule has 0 saturated heterocycles. The van der Waals surface area contributed by atoms with Crippen molar-refractivity contribution in [2.24, 2.45) is 0 Å². The van der Waals surface area contributed by atoms with Crippen LogP contribution in [0.1, 0.15) is 34.1 Å². The van der Waals surface area contributed by atoms with Gasteiger partial charge in [0.25, 0.3) is 0 Å². The molecule has 0 aliphatic heterocycles. The first-order valence-electron chi connectivity index (χ1n) is 11.9. The van der Waals surface area contributed by atoms with Crippen LogP contribution in [0.3, 0.4) is 0 Å². The van der Waals surface area contributed by atoms with E-state index in [0.29, 0.717) is 33.2 Å². The quantitative estimate of drug-likeness (QED) is 0.296. The summed E-state index contributed by atoms with van der Waals surface area (Å²) in [5.41, 5.74) is 4.30. The minimum absolute atomic E-state index is 0.183. The summed E-state index contributed by atoms with van der Waals surface area (Å²) in [7, 11) is 0. The molecule has 7 nitrogen and oxygen atoms in total. The van der Waals surface area contributed by atoms with Gasteiger partial charge < -0.3 is 19.3 Å². The first kappa shape index (κ1) is 24.1. The number of hydrogen-bond acceptors (Lipinski definition) is 5. The number of amides is 1. The fourth-order valence-corrected chi connectivity index (χ4v) is 4.85. The highest BCUT2D eigenvalue weighted by molar-refractivity contribution is 6.06. The maximum absolute atomic E-state index is 13.0. The van der Waals surface area contributed by atoms with Crippen LogP contribution in [-0.4, -0.2) is 17.0 Å². The number of carbonyl (C=O) groups is 2. The molecular formula is C30H25NO6. The maximum atomic E-state index is 13.0. The van der Waals surface area contributed by atoms with Crippen LogP contribution in [-0.2, 0) is 16.0 Å². The van der Waals surface area contributed by atoms with Gasteiger partial charge >= 0.3 is 11.6 Å². The van der Waals surface area contributed by atoms with Gasteiger partial charge in [-0.25, -0.2) is 9.59 Å². The second-order valence-corrected chi connectivity index (χ2v) is 9.07. The van der Waals surface area contributed by atoms with E-state index in [4.69, 9.17) is 8.83 Å². The van der Waals surface area contributed by atoms with Gasteiger partial charge in [-0.05, 0) is 43.5 Å². The number of benzene rings is 3. The number of carboxylic acids is 1. The van der Waals surface area contributed by atoms with Crippen LogP contribution in [0.5, 0.6) is 0 Å². The summed E-state index contributed by atoms with van der Waals surface area (Å²) in [5, 5.41) is 13.7. The highest BCUT2D eigenvalue weighted by atomic mass is 16.4. The number of rotatable bonds is 6. The van der Waals surface area contributed by atoms with E-state index >= 15 is 0 Å². The fraction of sp³-hybridized carbons (Fsp3) is 0.167. The molecular weight excluding hydrogens is 470 g/mol. The summed E-state index contributed by atoms with van der Waals surface area (Å²) in [5.74, 6) is -1.03. The zero-order chi connectivity index (χ0) is 26.3. The lowest BCUT2D eigenvalue weighted by Gasteiger charge is -2.15. The van der Waals surface area contributed by atoms with E-state index in [0.717, 1.165) is 22.3 Å². The highest BCUT2D eigenvalue weighted by Gasteiger charge is 2.25. The predicted molar refractivity (Wildman–Crippen MR) is 141 cm³/mol. The SMILES string of the molecule is Cc1oc2c(C)c3oc(=O)c(CC(=O)N[C@@H](C(=O)O)c4ccccc4)c(C)c3cc2c1-c1ccccc1. The molecule has 0 radical (unpaired) electrons. The average molecular weight is 496 g/mol. The number of aliphatic carboxylic acids is 1. The van der Waals surface area contributed by atoms with Gasteiger partial charge in [0.05, 0.1) is 12.0 Å². The minimum atomic E-state index is -1.23. The Bertz CT molecular complexity index is 1710. The number of carboxylic acid groups (broad SMARTS) is 1. The van der Waals surface area contributed by atoms with E-state index in [9.17, 15) is 19.5 Å². The smallest absolute Gasteiger partial charge is 0.340 e. The number of nitrogens with one attached hydrogen (secondary N) is 1. The van der Waals surface area contributed by atoms with E-state index < -0.39 is 23.5 Å². The summed E-state index contributed by atoms with van der Waals surface area (Å²) in [6.07, 6.45) is -0.312. The molecule has 0 aliphatic carbocycles. The van der Waals surface area contributed by atoms with Crippen LogP contribution >= 0.6 is 0 Å². The molecule has 1 amide bonds. The molecule has 3 aromatic carbocycles. The monoisotopic (exact) mass is 495 g/mol. The van der Waals surface area contributed by atoms with Crippen molar-refractivity contribution in [2.45, 2.75) is 33.2 Å². The molecule has 0 aliphatic rings. The summed E-state index contributed by atoms with van der Waals surface area (Å²) in [6.45, 7) is 5.51. The molecule has 2 N–H and O–H groups in total. The van der Waals surface area contributed by atoms with Crippen LogP contribution < -0.4 is 10.9 Å². The number of aryl methyl sites for hydroxylation is 3. The molecule has 1 atom stereocenters. The molecule has 0 saturated carbocycles. The lowest BCUT2D eigenvalue weighted by molar-refractivity contribution is -0.142. The molecule has 37 heavy (non-hydrogen) atoms. The van der Waals surface area contributed by atoms with Crippen LogP contribution in [0, 0.1) is 20.8 Å². The van der Waals surface area contributed by atoms with Crippen molar-refractivity contribution >= 4 is 33.8 Å². The van der Waals surface area contributed by atoms with Crippen molar-refractivity contribution in [3.63, 3.8) is 0 Å². The molecule has 0 unspecified atom stereocenters. The van der Waals surface area contributed by atoms with E-state index in [1.165, 1.54) is 0 Å². The van der Waals surface area contributed by atoms with Gasteiger partial charge in [-0.3, -0.25) is 4.79 Å². The molecule has 0 fully saturated rings. The van der Waals surface area contributed by atoms with Gasteiger partial charge in [-0.2, -0.15) is 0 Å². The zero-order valence-corrected chi connectivity index (χ0v) is 20.6. The first-order chi connectivity index (χ1) is 17.8. The van der Waals surface area contributed by atoms with Crippen molar-refractivity contribution < 1.29 is 23.5 Å². The van der Waals surface area contributed by atoms with Crippen molar-refractivity contribution in [3.8, 4) is 11.1 Å². The van der Waals surface area contributed by atoms with Gasteiger partial charge in [0.2, 0.25) is 5.91 Å².